The van der Waals surface area contributed by atoms with Crippen molar-refractivity contribution in [2.75, 3.05) is 0 Å². The normalized spacial score (nSPS) is 16.3. The van der Waals surface area contributed by atoms with Gasteiger partial charge < -0.3 is 9.55 Å². The number of hydrogen-bond donors (Lipinski definition) is 0. The molecule has 0 amide bonds. The number of nitrogens with zero attached hydrogens (tertiary/aromatic N) is 4. The van der Waals surface area contributed by atoms with Gasteiger partial charge in [-0.3, -0.25) is 4.98 Å². The molecule has 0 aliphatic heterocycles. The van der Waals surface area contributed by atoms with Crippen molar-refractivity contribution in [2.24, 2.45) is 5.92 Å². The Kier molecular flexibility index (Phi) is 12.5. The van der Waals surface area contributed by atoms with Crippen molar-refractivity contribution in [1.29, 1.82) is 0 Å². The Bertz CT molecular complexity index is 3310. The number of rotatable bonds is 9. The fourth-order valence-corrected chi connectivity index (χ4v) is 12.2. The molecule has 1 atom stereocenters. The summed E-state index contributed by atoms with van der Waals surface area (Å²) >= 11 is 1.74. The maximum atomic E-state index is 8.46. The van der Waals surface area contributed by atoms with Crippen LogP contribution < -0.4 is 5.19 Å². The van der Waals surface area contributed by atoms with E-state index < -0.39 is 21.3 Å². The first-order chi connectivity index (χ1) is 33.3. The van der Waals surface area contributed by atoms with Gasteiger partial charge in [-0.05, 0) is 105 Å². The van der Waals surface area contributed by atoms with Gasteiger partial charge in [0.25, 0.3) is 0 Å². The summed E-state index contributed by atoms with van der Waals surface area (Å²) in [7, 11) is -1.64. The molecule has 7 heteroatoms. The zero-order valence-electron chi connectivity index (χ0n) is 44.3. The van der Waals surface area contributed by atoms with Gasteiger partial charge in [0, 0.05) is 44.5 Å². The van der Waals surface area contributed by atoms with Crippen molar-refractivity contribution in [3.63, 3.8) is 0 Å². The summed E-state index contributed by atoms with van der Waals surface area (Å²) in [5.74, 6) is 1.59. The Morgan fingerprint density at radius 2 is 1.58 bits per heavy atom. The summed E-state index contributed by atoms with van der Waals surface area (Å²) in [5, 5.41) is 3.67. The van der Waals surface area contributed by atoms with E-state index in [0.29, 0.717) is 18.3 Å². The zero-order chi connectivity index (χ0) is 49.7. The summed E-state index contributed by atoms with van der Waals surface area (Å²) in [6.07, 6.45) is 5.20. The minimum absolute atomic E-state index is 0. The number of pyridine rings is 2. The molecule has 1 fully saturated rings. The van der Waals surface area contributed by atoms with E-state index in [0.717, 1.165) is 69.9 Å². The first-order valence-electron chi connectivity index (χ1n) is 25.7. The number of para-hydroxylation sites is 2. The average molecular weight is 1080 g/mol. The van der Waals surface area contributed by atoms with Crippen LogP contribution in [0.5, 0.6) is 0 Å². The Balaban J connectivity index is 0.000000200. The predicted octanol–water partition coefficient (Wildman–Crippen LogP) is 16.0. The molecule has 339 valence electrons. The van der Waals surface area contributed by atoms with Crippen molar-refractivity contribution in [2.45, 2.75) is 111 Å². The van der Waals surface area contributed by atoms with Crippen LogP contribution in [0.25, 0.3) is 70.8 Å². The van der Waals surface area contributed by atoms with Gasteiger partial charge in [-0.2, -0.15) is 11.3 Å². The molecule has 1 aliphatic rings. The summed E-state index contributed by atoms with van der Waals surface area (Å²) in [6, 6.07) is 46.2. The Morgan fingerprint density at radius 1 is 0.818 bits per heavy atom. The van der Waals surface area contributed by atoms with E-state index >= 15 is 0 Å². The van der Waals surface area contributed by atoms with Gasteiger partial charge in [-0.15, -0.1) is 53.6 Å². The van der Waals surface area contributed by atoms with Crippen LogP contribution in [0.4, 0.5) is 0 Å². The van der Waals surface area contributed by atoms with E-state index in [4.69, 9.17) is 16.8 Å². The Hall–Kier alpha value is -5.04. The molecule has 1 aliphatic carbocycles. The minimum atomic E-state index is -2.14. The molecule has 1 saturated carbocycles. The average Bonchev–Trinajstić information content (AvgIpc) is 3.90. The molecule has 10 rings (SSSR count). The number of imidazole rings is 1. The molecule has 1 unspecified atom stereocenters. The molecule has 0 saturated heterocycles. The van der Waals surface area contributed by atoms with Gasteiger partial charge in [0.05, 0.1) is 24.9 Å². The third-order valence-electron chi connectivity index (χ3n) is 12.7. The first-order valence-corrected chi connectivity index (χ1v) is 27.5. The second-order valence-corrected chi connectivity index (χ2v) is 25.3. The molecule has 0 bridgehead atoms. The minimum Gasteiger partial charge on any atom is -0.333 e. The van der Waals surface area contributed by atoms with E-state index in [-0.39, 0.29) is 31.6 Å². The zero-order valence-corrected chi connectivity index (χ0v) is 43.6. The van der Waals surface area contributed by atoms with Crippen molar-refractivity contribution in [1.82, 2.24) is 19.5 Å². The van der Waals surface area contributed by atoms with E-state index in [9.17, 15) is 0 Å². The molecule has 9 aromatic rings. The van der Waals surface area contributed by atoms with E-state index in [2.05, 4.69) is 167 Å². The third kappa shape index (κ3) is 9.83. The Morgan fingerprint density at radius 3 is 2.27 bits per heavy atom. The number of aryl methyl sites for hydroxylation is 2. The van der Waals surface area contributed by atoms with Gasteiger partial charge >= 0.3 is 0 Å². The smallest absolute Gasteiger partial charge is 0.113 e. The summed E-state index contributed by atoms with van der Waals surface area (Å²) in [4.78, 5) is 15.9. The van der Waals surface area contributed by atoms with Crippen molar-refractivity contribution >= 4 is 55.9 Å². The Labute approximate surface area is 418 Å². The molecule has 66 heavy (non-hydrogen) atoms. The van der Waals surface area contributed by atoms with Crippen LogP contribution in [0.15, 0.2) is 121 Å². The van der Waals surface area contributed by atoms with E-state index in [1.54, 1.807) is 23.5 Å². The molecule has 0 spiro atoms. The van der Waals surface area contributed by atoms with Crippen LogP contribution in [0.3, 0.4) is 0 Å². The fraction of sp³-hybridized carbons (Fsp3) is 0.305. The molecular weight excluding hydrogens is 1020 g/mol. The van der Waals surface area contributed by atoms with Crippen LogP contribution in [0.1, 0.15) is 106 Å². The second-order valence-electron chi connectivity index (χ2n) is 19.3. The summed E-state index contributed by atoms with van der Waals surface area (Å²) < 4.78 is 43.1. The quantitative estimate of drug-likeness (QED) is 0.107. The van der Waals surface area contributed by atoms with Gasteiger partial charge in [0.1, 0.15) is 4.83 Å². The largest absolute Gasteiger partial charge is 0.333 e. The molecule has 0 N–H and O–H groups in total. The van der Waals surface area contributed by atoms with Crippen LogP contribution in [-0.4, -0.2) is 27.6 Å². The maximum Gasteiger partial charge on any atom is 0.113 e. The van der Waals surface area contributed by atoms with Crippen LogP contribution >= 0.6 is 11.3 Å². The van der Waals surface area contributed by atoms with E-state index in [1.165, 1.54) is 60.2 Å². The fourth-order valence-electron chi connectivity index (χ4n) is 9.35. The number of thiophene rings is 1. The predicted molar refractivity (Wildman–Crippen MR) is 281 cm³/mol. The van der Waals surface area contributed by atoms with Crippen LogP contribution in [-0.2, 0) is 26.5 Å². The number of hydrogen-bond acceptors (Lipinski definition) is 4. The molecular formula is C59H62IrN4SSi-2. The van der Waals surface area contributed by atoms with Crippen molar-refractivity contribution in [3.8, 4) is 39.5 Å². The van der Waals surface area contributed by atoms with Crippen LogP contribution in [0, 0.1) is 31.8 Å². The SMILES string of the molecule is Cc1ccc2c(n1)sc1c(-c3nc4ccccc4n3-c3c(C(C)C)cc(-c4ccccc4)cc3C(C)C)[c-]ccc12.[2H]C([2H])([2H])c1c[c-]c(-c2cc(CC3CCCCC3([2H])[2H])c([Si](C)(C)C)cn2)cc1.[Ir]. The molecule has 1 radical (unpaired) electrons. The molecule has 5 aromatic carbocycles. The number of aromatic nitrogens is 4. The maximum absolute atomic E-state index is 8.46. The van der Waals surface area contributed by atoms with Gasteiger partial charge in [0.2, 0.25) is 0 Å². The van der Waals surface area contributed by atoms with Gasteiger partial charge in [-0.25, -0.2) is 4.98 Å². The van der Waals surface area contributed by atoms with E-state index in [1.807, 2.05) is 12.3 Å². The number of benzene rings is 5. The second kappa shape index (κ2) is 20.0. The van der Waals surface area contributed by atoms with Crippen molar-refractivity contribution in [3.05, 3.63) is 162 Å². The van der Waals surface area contributed by atoms with Crippen LogP contribution in [0.2, 0.25) is 19.6 Å². The standard InChI is InChI=1S/C37H32N3S.C22H30NSi.Ir/c1-22(2)30-20-26(25-12-7-6-8-13-25)21-31(23(3)4)34(30)40-33-17-10-9-16-32(33)39-36(40)29-15-11-14-27-28-19-18-24(5)38-37(28)41-35(27)29;1-17-10-12-19(13-11-17)21-15-20(14-18-8-6-5-7-9-18)22(16-23-21)24(2,3)4;/h6-14,16-23H,1-5H3;10-12,15-16,18H,5-9,14H2,1-4H3;/q2*-1;/i;1D3,8D2;. The number of fused-ring (bicyclic) bond motifs is 4. The topological polar surface area (TPSA) is 43.6 Å². The molecule has 4 aromatic heterocycles. The van der Waals surface area contributed by atoms with Crippen molar-refractivity contribution < 1.29 is 27.0 Å². The molecule has 4 heterocycles. The molecule has 4 nitrogen and oxygen atoms in total. The summed E-state index contributed by atoms with van der Waals surface area (Å²) in [5.41, 5.74) is 13.5. The van der Waals surface area contributed by atoms with Gasteiger partial charge in [0.15, 0.2) is 0 Å². The summed E-state index contributed by atoms with van der Waals surface area (Å²) in [6.45, 7) is 16.0. The first kappa shape index (κ1) is 41.2. The van der Waals surface area contributed by atoms with Gasteiger partial charge in [-0.1, -0.05) is 157 Å². The third-order valence-corrected chi connectivity index (χ3v) is 15.9. The monoisotopic (exact) mass is 1080 g/mol.